The number of likely N-dealkylation sites (tertiary alicyclic amines) is 1. The Kier molecular flexibility index (Phi) is 4.13. The first-order chi connectivity index (χ1) is 10.5. The predicted octanol–water partition coefficient (Wildman–Crippen LogP) is 3.08. The van der Waals surface area contributed by atoms with E-state index in [-0.39, 0.29) is 11.8 Å². The van der Waals surface area contributed by atoms with Crippen LogP contribution in [0.2, 0.25) is 5.02 Å². The van der Waals surface area contributed by atoms with Gasteiger partial charge in [0.1, 0.15) is 0 Å². The number of amides is 1. The maximum absolute atomic E-state index is 13.0. The van der Waals surface area contributed by atoms with Gasteiger partial charge in [-0.05, 0) is 43.4 Å². The van der Waals surface area contributed by atoms with Gasteiger partial charge in [0.15, 0.2) is 0 Å². The molecule has 1 saturated heterocycles. The van der Waals surface area contributed by atoms with Gasteiger partial charge in [-0.15, -0.1) is 0 Å². The summed E-state index contributed by atoms with van der Waals surface area (Å²) in [6.07, 6.45) is 3.85. The van der Waals surface area contributed by atoms with Crippen LogP contribution in [-0.2, 0) is 15.0 Å². The van der Waals surface area contributed by atoms with E-state index in [0.29, 0.717) is 31.0 Å². The highest BCUT2D eigenvalue weighted by atomic mass is 35.5. The molecule has 1 heterocycles. The summed E-state index contributed by atoms with van der Waals surface area (Å²) in [4.78, 5) is 25.9. The monoisotopic (exact) mass is 321 g/mol. The first-order valence-corrected chi connectivity index (χ1v) is 8.19. The summed E-state index contributed by atoms with van der Waals surface area (Å²) >= 11 is 6.09. The molecule has 1 N–H and O–H groups in total. The first-order valence-electron chi connectivity index (χ1n) is 7.81. The van der Waals surface area contributed by atoms with Crippen molar-refractivity contribution in [2.75, 3.05) is 13.1 Å². The van der Waals surface area contributed by atoms with Gasteiger partial charge in [-0.2, -0.15) is 0 Å². The number of hydrogen-bond donors (Lipinski definition) is 1. The predicted molar refractivity (Wildman–Crippen MR) is 83.9 cm³/mol. The quantitative estimate of drug-likeness (QED) is 0.930. The number of hydrogen-bond acceptors (Lipinski definition) is 2. The molecular weight excluding hydrogens is 302 g/mol. The van der Waals surface area contributed by atoms with E-state index in [4.69, 9.17) is 16.7 Å². The molecular formula is C17H20ClNO3. The zero-order valence-electron chi connectivity index (χ0n) is 12.4. The van der Waals surface area contributed by atoms with Crippen molar-refractivity contribution in [3.63, 3.8) is 0 Å². The minimum atomic E-state index is -0.750. The third-order valence-corrected chi connectivity index (χ3v) is 5.36. The van der Waals surface area contributed by atoms with Crippen LogP contribution in [-0.4, -0.2) is 35.0 Å². The molecule has 1 aliphatic carbocycles. The van der Waals surface area contributed by atoms with Gasteiger partial charge in [-0.1, -0.05) is 30.2 Å². The molecule has 2 fully saturated rings. The number of aliphatic carboxylic acids is 1. The largest absolute Gasteiger partial charge is 0.481 e. The Morgan fingerprint density at radius 1 is 1.23 bits per heavy atom. The van der Waals surface area contributed by atoms with Crippen molar-refractivity contribution in [3.8, 4) is 0 Å². The zero-order chi connectivity index (χ0) is 15.7. The molecule has 0 aromatic heterocycles. The number of halogens is 1. The molecule has 0 atom stereocenters. The van der Waals surface area contributed by atoms with Crippen molar-refractivity contribution >= 4 is 23.5 Å². The first kappa shape index (κ1) is 15.3. The van der Waals surface area contributed by atoms with Crippen LogP contribution in [0, 0.1) is 5.92 Å². The number of carbonyl (C=O) groups is 2. The lowest BCUT2D eigenvalue weighted by Crippen LogP contribution is -2.53. The Morgan fingerprint density at radius 2 is 1.91 bits per heavy atom. The van der Waals surface area contributed by atoms with Gasteiger partial charge in [0.2, 0.25) is 5.91 Å². The van der Waals surface area contributed by atoms with E-state index in [1.807, 2.05) is 29.2 Å². The van der Waals surface area contributed by atoms with E-state index in [9.17, 15) is 9.59 Å². The highest BCUT2D eigenvalue weighted by Crippen LogP contribution is 2.46. The van der Waals surface area contributed by atoms with Crippen LogP contribution < -0.4 is 0 Å². The molecule has 1 saturated carbocycles. The smallest absolute Gasteiger partial charge is 0.306 e. The molecule has 0 bridgehead atoms. The molecule has 2 aliphatic rings. The van der Waals surface area contributed by atoms with Crippen LogP contribution in [0.5, 0.6) is 0 Å². The molecule has 0 unspecified atom stereocenters. The van der Waals surface area contributed by atoms with E-state index in [1.54, 1.807) is 0 Å². The molecule has 1 aliphatic heterocycles. The number of carbonyl (C=O) groups excluding carboxylic acids is 1. The molecule has 1 amide bonds. The second-order valence-electron chi connectivity index (χ2n) is 6.35. The fourth-order valence-corrected chi connectivity index (χ4v) is 3.76. The molecule has 118 valence electrons. The summed E-state index contributed by atoms with van der Waals surface area (Å²) in [5.41, 5.74) is 0.553. The van der Waals surface area contributed by atoms with Crippen LogP contribution >= 0.6 is 11.6 Å². The Bertz CT molecular complexity index is 589. The maximum atomic E-state index is 13.0. The second-order valence-corrected chi connectivity index (χ2v) is 6.79. The number of rotatable bonds is 3. The van der Waals surface area contributed by atoms with Crippen LogP contribution in [0.4, 0.5) is 0 Å². The Hall–Kier alpha value is -1.55. The van der Waals surface area contributed by atoms with Crippen LogP contribution in [0.1, 0.15) is 37.7 Å². The summed E-state index contributed by atoms with van der Waals surface area (Å²) in [6, 6.07) is 7.58. The lowest BCUT2D eigenvalue weighted by molar-refractivity contribution is -0.148. The zero-order valence-corrected chi connectivity index (χ0v) is 13.2. The van der Waals surface area contributed by atoms with E-state index < -0.39 is 11.4 Å². The minimum Gasteiger partial charge on any atom is -0.481 e. The molecule has 22 heavy (non-hydrogen) atoms. The van der Waals surface area contributed by atoms with E-state index in [2.05, 4.69) is 0 Å². The summed E-state index contributed by atoms with van der Waals surface area (Å²) in [6.45, 7) is 1.08. The van der Waals surface area contributed by atoms with Crippen LogP contribution in [0.15, 0.2) is 24.3 Å². The molecule has 0 spiro atoms. The molecule has 1 aromatic rings. The minimum absolute atomic E-state index is 0.143. The average Bonchev–Trinajstić information content (AvgIpc) is 2.46. The number of carboxylic acid groups (broad SMARTS) is 1. The van der Waals surface area contributed by atoms with Crippen LogP contribution in [0.25, 0.3) is 0 Å². The maximum Gasteiger partial charge on any atom is 0.306 e. The fraction of sp³-hybridized carbons (Fsp3) is 0.529. The average molecular weight is 322 g/mol. The van der Waals surface area contributed by atoms with Gasteiger partial charge in [0.05, 0.1) is 11.3 Å². The molecule has 1 aromatic carbocycles. The molecule has 5 heteroatoms. The van der Waals surface area contributed by atoms with Gasteiger partial charge < -0.3 is 10.0 Å². The second kappa shape index (κ2) is 5.92. The summed E-state index contributed by atoms with van der Waals surface area (Å²) < 4.78 is 0. The van der Waals surface area contributed by atoms with E-state index in [1.165, 1.54) is 0 Å². The van der Waals surface area contributed by atoms with Crippen molar-refractivity contribution < 1.29 is 14.7 Å². The van der Waals surface area contributed by atoms with Crippen molar-refractivity contribution in [1.29, 1.82) is 0 Å². The lowest BCUT2D eigenvalue weighted by atomic mass is 9.63. The van der Waals surface area contributed by atoms with E-state index in [0.717, 1.165) is 24.8 Å². The summed E-state index contributed by atoms with van der Waals surface area (Å²) in [7, 11) is 0. The molecule has 0 radical (unpaired) electrons. The number of carboxylic acids is 1. The number of piperidine rings is 1. The van der Waals surface area contributed by atoms with Crippen molar-refractivity contribution in [2.45, 2.75) is 37.5 Å². The summed E-state index contributed by atoms with van der Waals surface area (Å²) in [5, 5.41) is 9.72. The Morgan fingerprint density at radius 3 is 2.41 bits per heavy atom. The van der Waals surface area contributed by atoms with E-state index >= 15 is 0 Å². The molecule has 3 rings (SSSR count). The fourth-order valence-electron chi connectivity index (χ4n) is 3.57. The van der Waals surface area contributed by atoms with Gasteiger partial charge in [0.25, 0.3) is 0 Å². The lowest BCUT2D eigenvalue weighted by Gasteiger charge is -2.45. The number of nitrogens with zero attached hydrogens (tertiary/aromatic N) is 1. The van der Waals surface area contributed by atoms with Gasteiger partial charge >= 0.3 is 5.97 Å². The van der Waals surface area contributed by atoms with Crippen molar-refractivity contribution in [2.24, 2.45) is 5.92 Å². The van der Waals surface area contributed by atoms with Crippen molar-refractivity contribution in [1.82, 2.24) is 4.90 Å². The normalized spacial score (nSPS) is 21.2. The van der Waals surface area contributed by atoms with Gasteiger partial charge in [-0.25, -0.2) is 0 Å². The molecule has 4 nitrogen and oxygen atoms in total. The highest BCUT2D eigenvalue weighted by Gasteiger charge is 2.48. The highest BCUT2D eigenvalue weighted by molar-refractivity contribution is 6.30. The summed E-state index contributed by atoms with van der Waals surface area (Å²) in [5.74, 6) is -0.919. The standard InChI is InChI=1S/C17H20ClNO3/c18-14-4-1-3-13(11-14)17(7-2-8-17)16(22)19-9-5-12(6-10-19)15(20)21/h1,3-4,11-12H,2,5-10H2,(H,20,21). The third kappa shape index (κ3) is 2.60. The van der Waals surface area contributed by atoms with Crippen molar-refractivity contribution in [3.05, 3.63) is 34.9 Å². The van der Waals surface area contributed by atoms with Gasteiger partial charge in [0, 0.05) is 18.1 Å². The Labute approximate surface area is 135 Å². The van der Waals surface area contributed by atoms with Gasteiger partial charge in [-0.3, -0.25) is 9.59 Å². The van der Waals surface area contributed by atoms with Crippen LogP contribution in [0.3, 0.4) is 0 Å². The Balaban J connectivity index is 1.77. The number of benzene rings is 1. The third-order valence-electron chi connectivity index (χ3n) is 5.13. The SMILES string of the molecule is O=C(O)C1CCN(C(=O)C2(c3cccc(Cl)c3)CCC2)CC1. The topological polar surface area (TPSA) is 57.6 Å².